The lowest BCUT2D eigenvalue weighted by molar-refractivity contribution is 0.0681. The molecule has 5 heteroatoms. The molecule has 2 aromatic carbocycles. The zero-order chi connectivity index (χ0) is 19.4. The van der Waals surface area contributed by atoms with E-state index in [-0.39, 0.29) is 17.9 Å². The number of hydrogen-bond acceptors (Lipinski definition) is 3. The molecule has 0 spiro atoms. The fraction of sp³-hybridized carbons (Fsp3) is 0.364. The van der Waals surface area contributed by atoms with E-state index in [1.54, 1.807) is 31.2 Å². The summed E-state index contributed by atoms with van der Waals surface area (Å²) in [6, 6.07) is 14.5. The van der Waals surface area contributed by atoms with Gasteiger partial charge >= 0.3 is 0 Å². The smallest absolute Gasteiger partial charge is 0.255 e. The number of nitrogens with zero attached hydrogens (tertiary/aromatic N) is 1. The van der Waals surface area contributed by atoms with Crippen molar-refractivity contribution in [3.05, 3.63) is 65.2 Å². The van der Waals surface area contributed by atoms with Crippen LogP contribution in [0, 0.1) is 6.92 Å². The molecule has 1 heterocycles. The van der Waals surface area contributed by atoms with Crippen LogP contribution in [-0.4, -0.2) is 40.5 Å². The Bertz CT molecular complexity index is 818. The van der Waals surface area contributed by atoms with Crippen molar-refractivity contribution in [2.24, 2.45) is 0 Å². The van der Waals surface area contributed by atoms with E-state index in [0.717, 1.165) is 18.4 Å². The van der Waals surface area contributed by atoms with Gasteiger partial charge in [0.25, 0.3) is 11.8 Å². The quantitative estimate of drug-likeness (QED) is 0.849. The van der Waals surface area contributed by atoms with Crippen molar-refractivity contribution in [3.8, 4) is 0 Å². The lowest BCUT2D eigenvalue weighted by Gasteiger charge is -2.26. The van der Waals surface area contributed by atoms with Crippen LogP contribution < -0.4 is 5.32 Å². The lowest BCUT2D eigenvalue weighted by atomic mass is 10.1. The number of likely N-dealkylation sites (tertiary alicyclic amines) is 1. The number of anilines is 1. The van der Waals surface area contributed by atoms with Gasteiger partial charge in [-0.2, -0.15) is 0 Å². The van der Waals surface area contributed by atoms with Crippen LogP contribution in [0.15, 0.2) is 48.5 Å². The highest BCUT2D eigenvalue weighted by Crippen LogP contribution is 2.25. The first-order valence-corrected chi connectivity index (χ1v) is 9.42. The molecule has 5 nitrogen and oxygen atoms in total. The van der Waals surface area contributed by atoms with E-state index in [0.29, 0.717) is 29.8 Å². The molecular formula is C22H26N2O3. The fourth-order valence-corrected chi connectivity index (χ4v) is 3.58. The highest BCUT2D eigenvalue weighted by atomic mass is 16.3. The molecule has 2 atom stereocenters. The summed E-state index contributed by atoms with van der Waals surface area (Å²) in [4.78, 5) is 27.3. The van der Waals surface area contributed by atoms with Crippen molar-refractivity contribution >= 4 is 17.5 Å². The van der Waals surface area contributed by atoms with Crippen LogP contribution in [0.5, 0.6) is 0 Å². The molecule has 1 aliphatic rings. The molecule has 0 unspecified atom stereocenters. The predicted molar refractivity (Wildman–Crippen MR) is 106 cm³/mol. The van der Waals surface area contributed by atoms with Crippen molar-refractivity contribution in [1.29, 1.82) is 0 Å². The van der Waals surface area contributed by atoms with Crippen LogP contribution in [0.4, 0.5) is 5.69 Å². The first-order chi connectivity index (χ1) is 13.0. The summed E-state index contributed by atoms with van der Waals surface area (Å²) < 4.78 is 0. The molecule has 2 amide bonds. The molecule has 1 saturated heterocycles. The van der Waals surface area contributed by atoms with Crippen molar-refractivity contribution in [2.75, 3.05) is 11.9 Å². The standard InChI is InChI=1S/C22H26N2O3/c1-15-10-11-18(22(27)24-12-6-9-19(24)13-16(2)25)14-20(15)23-21(26)17-7-4-3-5-8-17/h3-5,7-8,10-11,14,16,19,25H,6,9,12-13H2,1-2H3,(H,23,26)/t16-,19-/m1/s1. The Hall–Kier alpha value is -2.66. The summed E-state index contributed by atoms with van der Waals surface area (Å²) in [5, 5.41) is 12.6. The van der Waals surface area contributed by atoms with E-state index in [1.165, 1.54) is 0 Å². The largest absolute Gasteiger partial charge is 0.393 e. The zero-order valence-corrected chi connectivity index (χ0v) is 15.8. The summed E-state index contributed by atoms with van der Waals surface area (Å²) in [6.07, 6.45) is 2.03. The highest BCUT2D eigenvalue weighted by molar-refractivity contribution is 6.05. The Morgan fingerprint density at radius 2 is 1.93 bits per heavy atom. The second kappa shape index (κ2) is 8.35. The summed E-state index contributed by atoms with van der Waals surface area (Å²) in [5.41, 5.74) is 2.67. The number of rotatable bonds is 5. The SMILES string of the molecule is Cc1ccc(C(=O)N2CCC[C@@H]2C[C@@H](C)O)cc1NC(=O)c1ccccc1. The third kappa shape index (κ3) is 4.55. The van der Waals surface area contributed by atoms with Gasteiger partial charge in [0, 0.05) is 29.4 Å². The second-order valence-electron chi connectivity index (χ2n) is 7.23. The average Bonchev–Trinajstić information content (AvgIpc) is 3.11. The molecule has 2 aromatic rings. The Kier molecular flexibility index (Phi) is 5.91. The Morgan fingerprint density at radius 1 is 1.19 bits per heavy atom. The Morgan fingerprint density at radius 3 is 2.63 bits per heavy atom. The molecule has 0 saturated carbocycles. The third-order valence-corrected chi connectivity index (χ3v) is 5.02. The zero-order valence-electron chi connectivity index (χ0n) is 15.8. The third-order valence-electron chi connectivity index (χ3n) is 5.02. The number of amides is 2. The number of carbonyl (C=O) groups excluding carboxylic acids is 2. The van der Waals surface area contributed by atoms with Gasteiger partial charge in [0.2, 0.25) is 0 Å². The van der Waals surface area contributed by atoms with Crippen LogP contribution in [0.2, 0.25) is 0 Å². The van der Waals surface area contributed by atoms with Gasteiger partial charge in [0.1, 0.15) is 0 Å². The molecule has 2 N–H and O–H groups in total. The van der Waals surface area contributed by atoms with Crippen LogP contribution >= 0.6 is 0 Å². The van der Waals surface area contributed by atoms with Crippen LogP contribution in [0.3, 0.4) is 0 Å². The molecule has 142 valence electrons. The predicted octanol–water partition coefficient (Wildman–Crippen LogP) is 3.62. The van der Waals surface area contributed by atoms with Gasteiger partial charge in [-0.25, -0.2) is 0 Å². The first-order valence-electron chi connectivity index (χ1n) is 9.42. The number of aliphatic hydroxyl groups is 1. The van der Waals surface area contributed by atoms with Crippen molar-refractivity contribution < 1.29 is 14.7 Å². The number of benzene rings is 2. The van der Waals surface area contributed by atoms with Gasteiger partial charge in [0.15, 0.2) is 0 Å². The second-order valence-corrected chi connectivity index (χ2v) is 7.23. The average molecular weight is 366 g/mol. The minimum Gasteiger partial charge on any atom is -0.393 e. The summed E-state index contributed by atoms with van der Waals surface area (Å²) >= 11 is 0. The number of hydrogen-bond donors (Lipinski definition) is 2. The molecule has 1 fully saturated rings. The monoisotopic (exact) mass is 366 g/mol. The lowest BCUT2D eigenvalue weighted by Crippen LogP contribution is -2.37. The van der Waals surface area contributed by atoms with Gasteiger partial charge in [-0.3, -0.25) is 9.59 Å². The maximum absolute atomic E-state index is 13.0. The minimum atomic E-state index is -0.429. The summed E-state index contributed by atoms with van der Waals surface area (Å²) in [7, 11) is 0. The number of aliphatic hydroxyl groups excluding tert-OH is 1. The van der Waals surface area contributed by atoms with Crippen molar-refractivity contribution in [3.63, 3.8) is 0 Å². The summed E-state index contributed by atoms with van der Waals surface area (Å²) in [5.74, 6) is -0.246. The molecule has 27 heavy (non-hydrogen) atoms. The Balaban J connectivity index is 1.78. The topological polar surface area (TPSA) is 69.6 Å². The van der Waals surface area contributed by atoms with Crippen LogP contribution in [0.1, 0.15) is 52.5 Å². The Labute approximate surface area is 160 Å². The van der Waals surface area contributed by atoms with E-state index < -0.39 is 6.10 Å². The number of carbonyl (C=O) groups is 2. The maximum atomic E-state index is 13.0. The van der Waals surface area contributed by atoms with E-state index in [1.807, 2.05) is 36.1 Å². The molecular weight excluding hydrogens is 340 g/mol. The van der Waals surface area contributed by atoms with Crippen LogP contribution in [0.25, 0.3) is 0 Å². The van der Waals surface area contributed by atoms with Gasteiger partial charge < -0.3 is 15.3 Å². The molecule has 0 bridgehead atoms. The fourth-order valence-electron chi connectivity index (χ4n) is 3.58. The van der Waals surface area contributed by atoms with Gasteiger partial charge in [-0.1, -0.05) is 24.3 Å². The normalized spacial score (nSPS) is 17.6. The van der Waals surface area contributed by atoms with E-state index >= 15 is 0 Å². The van der Waals surface area contributed by atoms with E-state index in [4.69, 9.17) is 0 Å². The molecule has 0 radical (unpaired) electrons. The highest BCUT2D eigenvalue weighted by Gasteiger charge is 2.30. The maximum Gasteiger partial charge on any atom is 0.255 e. The number of aryl methyl sites for hydroxylation is 1. The molecule has 0 aromatic heterocycles. The molecule has 0 aliphatic carbocycles. The molecule has 1 aliphatic heterocycles. The van der Waals surface area contributed by atoms with Crippen molar-refractivity contribution in [2.45, 2.75) is 45.3 Å². The van der Waals surface area contributed by atoms with Gasteiger partial charge in [-0.15, -0.1) is 0 Å². The van der Waals surface area contributed by atoms with E-state index in [9.17, 15) is 14.7 Å². The van der Waals surface area contributed by atoms with Gasteiger partial charge in [0.05, 0.1) is 6.10 Å². The van der Waals surface area contributed by atoms with Gasteiger partial charge in [-0.05, 0) is 62.9 Å². The van der Waals surface area contributed by atoms with Crippen molar-refractivity contribution in [1.82, 2.24) is 4.90 Å². The number of nitrogens with one attached hydrogen (secondary N) is 1. The minimum absolute atomic E-state index is 0.0478. The first kappa shape index (κ1) is 19.1. The summed E-state index contributed by atoms with van der Waals surface area (Å²) in [6.45, 7) is 4.36. The molecule has 3 rings (SSSR count). The van der Waals surface area contributed by atoms with Crippen LogP contribution in [-0.2, 0) is 0 Å². The van der Waals surface area contributed by atoms with E-state index in [2.05, 4.69) is 5.32 Å².